The Morgan fingerprint density at radius 3 is 0.655 bits per heavy atom. The molecule has 0 saturated heterocycles. The number of hydrogen-bond acceptors (Lipinski definition) is 0. The van der Waals surface area contributed by atoms with Crippen LogP contribution in [0.5, 0.6) is 0 Å². The van der Waals surface area contributed by atoms with Crippen molar-refractivity contribution in [2.24, 2.45) is 21.7 Å². The van der Waals surface area contributed by atoms with Gasteiger partial charge in [-0.05, 0) is 48.9 Å². The highest BCUT2D eigenvalue weighted by molar-refractivity contribution is 4.74. The number of hydrogen-bond donors (Lipinski definition) is 0. The third kappa shape index (κ3) is 84.5. The van der Waals surface area contributed by atoms with Gasteiger partial charge in [-0.1, -0.05) is 103 Å². The Balaban J connectivity index is -0.000000148. The summed E-state index contributed by atoms with van der Waals surface area (Å²) in [5, 5.41) is 0. The maximum atomic E-state index is 12.9. The molecule has 29 heavy (non-hydrogen) atoms. The summed E-state index contributed by atoms with van der Waals surface area (Å²) in [6, 6.07) is 0. The summed E-state index contributed by atoms with van der Waals surface area (Å²) in [6.07, 6.45) is 1.85. The Morgan fingerprint density at radius 1 is 0.448 bits per heavy atom. The van der Waals surface area contributed by atoms with Gasteiger partial charge in [0.25, 0.3) is 0 Å². The van der Waals surface area contributed by atoms with E-state index in [-0.39, 0.29) is 17.3 Å². The normalized spacial score (nSPS) is 13.2. The second kappa shape index (κ2) is 13.3. The van der Waals surface area contributed by atoms with Crippen molar-refractivity contribution in [3.8, 4) is 0 Å². The monoisotopic (exact) mass is 426 g/mol. The van der Waals surface area contributed by atoms with Crippen molar-refractivity contribution in [2.45, 2.75) is 149 Å². The zero-order chi connectivity index (χ0) is 25.1. The Labute approximate surface area is 183 Å². The van der Waals surface area contributed by atoms with Crippen LogP contribution in [0.4, 0.5) is 13.2 Å². The van der Waals surface area contributed by atoms with E-state index in [2.05, 4.69) is 55.4 Å². The Kier molecular flexibility index (Phi) is 16.5. The lowest BCUT2D eigenvalue weighted by Crippen LogP contribution is -2.21. The van der Waals surface area contributed by atoms with Gasteiger partial charge in [0.1, 0.15) is 5.67 Å². The largest absolute Gasteiger partial charge is 0.245 e. The van der Waals surface area contributed by atoms with Crippen molar-refractivity contribution in [3.63, 3.8) is 0 Å². The molecule has 0 unspecified atom stereocenters. The van der Waals surface area contributed by atoms with E-state index in [9.17, 15) is 13.2 Å². The fourth-order valence-electron chi connectivity index (χ4n) is 2.19. The zero-order valence-corrected chi connectivity index (χ0v) is 23.3. The summed E-state index contributed by atoms with van der Waals surface area (Å²) in [4.78, 5) is 0. The van der Waals surface area contributed by atoms with Crippen molar-refractivity contribution in [2.75, 3.05) is 0 Å². The van der Waals surface area contributed by atoms with Crippen LogP contribution < -0.4 is 0 Å². The SMILES string of the molecule is CC(C)(C)C.CC(C)(C)CC(C)(C)F.CC(C)(C)CC(C)(F)F.CCC(C)(C)C. The van der Waals surface area contributed by atoms with Gasteiger partial charge in [-0.25, -0.2) is 13.2 Å². The molecule has 0 aromatic heterocycles. The molecule has 0 amide bonds. The van der Waals surface area contributed by atoms with Crippen LogP contribution >= 0.6 is 0 Å². The van der Waals surface area contributed by atoms with Crippen LogP contribution in [0.2, 0.25) is 0 Å². The lowest BCUT2D eigenvalue weighted by atomic mass is 9.85. The third-order valence-corrected chi connectivity index (χ3v) is 2.85. The van der Waals surface area contributed by atoms with Crippen LogP contribution in [0.15, 0.2) is 0 Å². The van der Waals surface area contributed by atoms with E-state index in [0.29, 0.717) is 17.3 Å². The molecule has 0 radical (unpaired) electrons. The van der Waals surface area contributed by atoms with Gasteiger partial charge in [0, 0.05) is 6.42 Å². The fraction of sp³-hybridized carbons (Fsp3) is 1.00. The maximum Gasteiger partial charge on any atom is 0.245 e. The quantitative estimate of drug-likeness (QED) is 0.412. The molecule has 0 saturated carbocycles. The number of rotatable bonds is 2. The molecule has 3 heteroatoms. The summed E-state index contributed by atoms with van der Waals surface area (Å²) in [5.74, 6) is -2.52. The van der Waals surface area contributed by atoms with E-state index in [0.717, 1.165) is 6.92 Å². The Morgan fingerprint density at radius 2 is 0.655 bits per heavy atom. The molecule has 0 bridgehead atoms. The average molecular weight is 427 g/mol. The first-order chi connectivity index (χ1) is 12.0. The van der Waals surface area contributed by atoms with Crippen LogP contribution in [0.25, 0.3) is 0 Å². The molecule has 0 rings (SSSR count). The first kappa shape index (κ1) is 36.2. The van der Waals surface area contributed by atoms with Crippen molar-refractivity contribution in [3.05, 3.63) is 0 Å². The third-order valence-electron chi connectivity index (χ3n) is 2.85. The van der Waals surface area contributed by atoms with Crippen molar-refractivity contribution < 1.29 is 13.2 Å². The average Bonchev–Trinajstić information content (AvgIpc) is 2.15. The van der Waals surface area contributed by atoms with Gasteiger partial charge >= 0.3 is 0 Å². The highest BCUT2D eigenvalue weighted by atomic mass is 19.3. The van der Waals surface area contributed by atoms with Gasteiger partial charge in [0.2, 0.25) is 5.92 Å². The molecule has 182 valence electrons. The van der Waals surface area contributed by atoms with Crippen LogP contribution in [0.3, 0.4) is 0 Å². The molecule has 0 heterocycles. The maximum absolute atomic E-state index is 12.9. The minimum atomic E-state index is -2.52. The highest BCUT2D eigenvalue weighted by Gasteiger charge is 2.28. The molecular formula is C26H57F3. The molecule has 0 aliphatic heterocycles. The molecule has 0 aromatic carbocycles. The Bertz CT molecular complexity index is 313. The minimum absolute atomic E-state index is 0.0417. The van der Waals surface area contributed by atoms with Crippen molar-refractivity contribution in [1.82, 2.24) is 0 Å². The van der Waals surface area contributed by atoms with Gasteiger partial charge in [-0.2, -0.15) is 0 Å². The van der Waals surface area contributed by atoms with E-state index in [1.165, 1.54) is 6.42 Å². The fourth-order valence-corrected chi connectivity index (χ4v) is 2.19. The van der Waals surface area contributed by atoms with Gasteiger partial charge in [0.15, 0.2) is 0 Å². The van der Waals surface area contributed by atoms with Crippen LogP contribution in [-0.4, -0.2) is 11.6 Å². The molecule has 0 N–H and O–H groups in total. The van der Waals surface area contributed by atoms with E-state index >= 15 is 0 Å². The lowest BCUT2D eigenvalue weighted by molar-refractivity contribution is -0.0168. The second-order valence-electron chi connectivity index (χ2n) is 14.2. The number of alkyl halides is 3. The smallest absolute Gasteiger partial charge is 0.244 e. The molecule has 0 aromatic rings. The Hall–Kier alpha value is -0.210. The van der Waals surface area contributed by atoms with Gasteiger partial charge in [-0.3, -0.25) is 0 Å². The first-order valence-corrected chi connectivity index (χ1v) is 11.0. The molecule has 0 atom stereocenters. The van der Waals surface area contributed by atoms with Crippen molar-refractivity contribution >= 4 is 0 Å². The van der Waals surface area contributed by atoms with Gasteiger partial charge in [0.05, 0.1) is 0 Å². The van der Waals surface area contributed by atoms with Gasteiger partial charge < -0.3 is 0 Å². The van der Waals surface area contributed by atoms with Crippen LogP contribution in [0.1, 0.15) is 137 Å². The molecule has 0 spiro atoms. The molecule has 0 nitrogen and oxygen atoms in total. The summed E-state index contributed by atoms with van der Waals surface area (Å²) in [6.45, 7) is 33.5. The standard InChI is InChI=1S/C8H17F.C7H14F2.C6H14.C5H12/c1-7(2,3)6-8(4,5)9;1-6(2,3)5-7(4,8)9;1-5-6(2,3)4;1-5(2,3)4/h6H2,1-5H3;5H2,1-4H3;5H2,1-4H3;1-4H3. The van der Waals surface area contributed by atoms with Crippen molar-refractivity contribution in [1.29, 1.82) is 0 Å². The van der Waals surface area contributed by atoms with E-state index in [1.807, 2.05) is 41.5 Å². The lowest BCUT2D eigenvalue weighted by Gasteiger charge is -2.25. The van der Waals surface area contributed by atoms with Crippen LogP contribution in [0, 0.1) is 21.7 Å². The first-order valence-electron chi connectivity index (χ1n) is 11.0. The van der Waals surface area contributed by atoms with Gasteiger partial charge in [-0.15, -0.1) is 0 Å². The summed E-state index contributed by atoms with van der Waals surface area (Å²) < 4.78 is 37.3. The summed E-state index contributed by atoms with van der Waals surface area (Å²) in [7, 11) is 0. The topological polar surface area (TPSA) is 0 Å². The zero-order valence-electron chi connectivity index (χ0n) is 23.3. The highest BCUT2D eigenvalue weighted by Crippen LogP contribution is 2.30. The minimum Gasteiger partial charge on any atom is -0.244 e. The van der Waals surface area contributed by atoms with E-state index < -0.39 is 11.6 Å². The van der Waals surface area contributed by atoms with E-state index in [4.69, 9.17) is 0 Å². The molecule has 0 aliphatic carbocycles. The molecule has 0 aliphatic rings. The molecule has 0 fully saturated rings. The predicted octanol–water partition coefficient (Wildman–Crippen LogP) is 10.7. The van der Waals surface area contributed by atoms with E-state index in [1.54, 1.807) is 13.8 Å². The summed E-state index contributed by atoms with van der Waals surface area (Å²) in [5.41, 5.74) is -0.130. The predicted molar refractivity (Wildman–Crippen MR) is 129 cm³/mol. The summed E-state index contributed by atoms with van der Waals surface area (Å²) >= 11 is 0. The number of halogens is 3. The van der Waals surface area contributed by atoms with Crippen LogP contribution in [-0.2, 0) is 0 Å². The molecular weight excluding hydrogens is 369 g/mol. The second-order valence-corrected chi connectivity index (χ2v) is 14.2.